The molecule has 8 heteroatoms. The minimum absolute atomic E-state index is 0.0248. The highest BCUT2D eigenvalue weighted by molar-refractivity contribution is 7.99. The number of fused-ring (bicyclic) bond motifs is 2. The van der Waals surface area contributed by atoms with E-state index in [2.05, 4.69) is 23.0 Å². The number of aromatic amines is 1. The van der Waals surface area contributed by atoms with Gasteiger partial charge in [0.05, 0.1) is 29.8 Å². The second kappa shape index (κ2) is 9.26. The quantitative estimate of drug-likeness (QED) is 0.236. The summed E-state index contributed by atoms with van der Waals surface area (Å²) in [5.74, 6) is 0.137. The number of nitrogens with zero attached hydrogens (tertiary/aromatic N) is 2. The Morgan fingerprint density at radius 3 is 2.87 bits per heavy atom. The number of para-hydroxylation sites is 1. The van der Waals surface area contributed by atoms with Gasteiger partial charge in [-0.15, -0.1) is 0 Å². The second-order valence-electron chi connectivity index (χ2n) is 7.11. The number of carbonyl (C=O) groups excluding carboxylic acids is 1. The third kappa shape index (κ3) is 4.26. The largest absolute Gasteiger partial charge is 0.383 e. The molecule has 4 aromatic rings. The van der Waals surface area contributed by atoms with Crippen molar-refractivity contribution in [2.75, 3.05) is 19.5 Å². The van der Waals surface area contributed by atoms with Crippen molar-refractivity contribution < 1.29 is 9.53 Å². The fourth-order valence-corrected chi connectivity index (χ4v) is 4.69. The maximum Gasteiger partial charge on any atom is 0.262 e. The van der Waals surface area contributed by atoms with Crippen LogP contribution < -0.4 is 5.56 Å². The van der Waals surface area contributed by atoms with Crippen LogP contribution in [0.4, 0.5) is 0 Å². The lowest BCUT2D eigenvalue weighted by atomic mass is 10.1. The lowest BCUT2D eigenvalue weighted by Crippen LogP contribution is -2.25. The van der Waals surface area contributed by atoms with Crippen molar-refractivity contribution in [1.29, 1.82) is 0 Å². The molecule has 0 saturated heterocycles. The van der Waals surface area contributed by atoms with E-state index in [4.69, 9.17) is 16.3 Å². The molecule has 2 aromatic carbocycles. The molecule has 0 radical (unpaired) electrons. The van der Waals surface area contributed by atoms with Gasteiger partial charge in [0.15, 0.2) is 10.9 Å². The maximum atomic E-state index is 13.0. The van der Waals surface area contributed by atoms with E-state index in [-0.39, 0.29) is 17.1 Å². The molecule has 0 aliphatic heterocycles. The molecule has 0 unspecified atom stereocenters. The van der Waals surface area contributed by atoms with E-state index in [0.717, 1.165) is 17.3 Å². The normalized spacial score (nSPS) is 11.5. The first kappa shape index (κ1) is 21.6. The number of carbonyl (C=O) groups is 1. The van der Waals surface area contributed by atoms with Gasteiger partial charge in [0.1, 0.15) is 0 Å². The van der Waals surface area contributed by atoms with Crippen molar-refractivity contribution in [2.45, 2.75) is 25.0 Å². The van der Waals surface area contributed by atoms with Gasteiger partial charge in [0.2, 0.25) is 0 Å². The number of ketones is 1. The fourth-order valence-electron chi connectivity index (χ4n) is 3.61. The molecule has 2 heterocycles. The number of aryl methyl sites for hydroxylation is 1. The summed E-state index contributed by atoms with van der Waals surface area (Å²) in [5.41, 5.74) is 3.15. The highest BCUT2D eigenvalue weighted by Gasteiger charge is 2.17. The summed E-state index contributed by atoms with van der Waals surface area (Å²) < 4.78 is 6.71. The van der Waals surface area contributed by atoms with Gasteiger partial charge in [-0.05, 0) is 30.2 Å². The van der Waals surface area contributed by atoms with Crippen LogP contribution in [-0.4, -0.2) is 39.8 Å². The summed E-state index contributed by atoms with van der Waals surface area (Å²) in [5, 5.41) is 2.38. The van der Waals surface area contributed by atoms with Crippen LogP contribution in [0.2, 0.25) is 5.02 Å². The molecule has 0 amide bonds. The van der Waals surface area contributed by atoms with Crippen molar-refractivity contribution in [1.82, 2.24) is 14.5 Å². The summed E-state index contributed by atoms with van der Waals surface area (Å²) in [6.07, 6.45) is 2.65. The first-order valence-electron chi connectivity index (χ1n) is 9.97. The van der Waals surface area contributed by atoms with E-state index >= 15 is 0 Å². The van der Waals surface area contributed by atoms with Gasteiger partial charge < -0.3 is 9.72 Å². The van der Waals surface area contributed by atoms with Crippen LogP contribution in [0.5, 0.6) is 0 Å². The van der Waals surface area contributed by atoms with E-state index in [1.54, 1.807) is 36.1 Å². The molecule has 31 heavy (non-hydrogen) atoms. The van der Waals surface area contributed by atoms with Gasteiger partial charge in [0, 0.05) is 34.8 Å². The first-order valence-corrected chi connectivity index (χ1v) is 11.3. The Morgan fingerprint density at radius 1 is 1.26 bits per heavy atom. The molecular weight excluding hydrogens is 434 g/mol. The van der Waals surface area contributed by atoms with E-state index < -0.39 is 0 Å². The zero-order valence-electron chi connectivity index (χ0n) is 17.3. The predicted octanol–water partition coefficient (Wildman–Crippen LogP) is 4.72. The Morgan fingerprint density at radius 2 is 2.10 bits per heavy atom. The Kier molecular flexibility index (Phi) is 6.46. The van der Waals surface area contributed by atoms with Crippen LogP contribution in [0.15, 0.2) is 52.5 Å². The number of Topliss-reactive ketones (excluding diaryl/α,β-unsaturated/α-hetero) is 1. The minimum atomic E-state index is -0.173. The summed E-state index contributed by atoms with van der Waals surface area (Å²) in [6, 6.07) is 11.0. The number of thioether (sulfide) groups is 1. The second-order valence-corrected chi connectivity index (χ2v) is 8.49. The predicted molar refractivity (Wildman–Crippen MR) is 126 cm³/mol. The Bertz CT molecular complexity index is 1330. The van der Waals surface area contributed by atoms with Gasteiger partial charge in [0.25, 0.3) is 5.56 Å². The minimum Gasteiger partial charge on any atom is -0.383 e. The van der Waals surface area contributed by atoms with Crippen LogP contribution in [0.3, 0.4) is 0 Å². The van der Waals surface area contributed by atoms with Crippen LogP contribution in [0.25, 0.3) is 21.8 Å². The number of halogens is 1. The SMILES string of the molecule is CCc1cccc2c(C(=O)CSc3nc4cc(Cl)ccc4c(=O)n3CCOC)c[nH]c12. The smallest absolute Gasteiger partial charge is 0.262 e. The van der Waals surface area contributed by atoms with Gasteiger partial charge in [-0.2, -0.15) is 0 Å². The van der Waals surface area contributed by atoms with Crippen LogP contribution in [-0.2, 0) is 17.7 Å². The zero-order valence-corrected chi connectivity index (χ0v) is 18.8. The van der Waals surface area contributed by atoms with Crippen LogP contribution in [0.1, 0.15) is 22.8 Å². The number of hydrogen-bond donors (Lipinski definition) is 1. The van der Waals surface area contributed by atoms with E-state index in [1.807, 2.05) is 12.1 Å². The lowest BCUT2D eigenvalue weighted by molar-refractivity contribution is 0.102. The Balaban J connectivity index is 1.66. The fraction of sp³-hybridized carbons (Fsp3) is 0.261. The Labute approximate surface area is 188 Å². The number of methoxy groups -OCH3 is 1. The van der Waals surface area contributed by atoms with Crippen LogP contribution in [0, 0.1) is 0 Å². The first-order chi connectivity index (χ1) is 15.0. The highest BCUT2D eigenvalue weighted by atomic mass is 35.5. The average molecular weight is 456 g/mol. The molecule has 0 saturated carbocycles. The number of nitrogens with one attached hydrogen (secondary N) is 1. The lowest BCUT2D eigenvalue weighted by Gasteiger charge is -2.12. The summed E-state index contributed by atoms with van der Waals surface area (Å²) in [7, 11) is 1.58. The molecule has 6 nitrogen and oxygen atoms in total. The molecule has 4 rings (SSSR count). The topological polar surface area (TPSA) is 77.0 Å². The average Bonchev–Trinajstić information content (AvgIpc) is 3.21. The van der Waals surface area contributed by atoms with Crippen LogP contribution >= 0.6 is 23.4 Å². The van der Waals surface area contributed by atoms with E-state index in [0.29, 0.717) is 39.8 Å². The highest BCUT2D eigenvalue weighted by Crippen LogP contribution is 2.26. The van der Waals surface area contributed by atoms with Crippen molar-refractivity contribution in [3.05, 3.63) is 69.1 Å². The molecule has 0 spiro atoms. The number of H-pyrrole nitrogens is 1. The van der Waals surface area contributed by atoms with Crippen molar-refractivity contribution in [3.8, 4) is 0 Å². The number of rotatable bonds is 8. The van der Waals surface area contributed by atoms with E-state index in [9.17, 15) is 9.59 Å². The van der Waals surface area contributed by atoms with Crippen molar-refractivity contribution >= 4 is 51.0 Å². The number of hydrogen-bond acceptors (Lipinski definition) is 5. The summed E-state index contributed by atoms with van der Waals surface area (Å²) >= 11 is 7.34. The third-order valence-electron chi connectivity index (χ3n) is 5.22. The molecule has 0 aliphatic carbocycles. The molecule has 0 atom stereocenters. The third-order valence-corrected chi connectivity index (χ3v) is 6.43. The maximum absolute atomic E-state index is 13.0. The Hall–Kier alpha value is -2.61. The van der Waals surface area contributed by atoms with Gasteiger partial charge in [-0.1, -0.05) is 48.5 Å². The zero-order chi connectivity index (χ0) is 22.0. The molecule has 160 valence electrons. The number of aromatic nitrogens is 3. The van der Waals surface area contributed by atoms with Crippen molar-refractivity contribution in [2.24, 2.45) is 0 Å². The molecule has 1 N–H and O–H groups in total. The molecule has 0 aliphatic rings. The van der Waals surface area contributed by atoms with E-state index in [1.165, 1.54) is 17.3 Å². The number of benzene rings is 2. The van der Waals surface area contributed by atoms with Crippen molar-refractivity contribution in [3.63, 3.8) is 0 Å². The van der Waals surface area contributed by atoms with Gasteiger partial charge >= 0.3 is 0 Å². The molecular formula is C23H22ClN3O3S. The van der Waals surface area contributed by atoms with Gasteiger partial charge in [-0.3, -0.25) is 14.2 Å². The summed E-state index contributed by atoms with van der Waals surface area (Å²) in [6.45, 7) is 2.80. The summed E-state index contributed by atoms with van der Waals surface area (Å²) in [4.78, 5) is 33.9. The molecule has 0 bridgehead atoms. The molecule has 0 fully saturated rings. The number of ether oxygens (including phenoxy) is 1. The standard InChI is InChI=1S/C23H22ClN3O3S/c1-3-14-5-4-6-16-18(12-25-21(14)16)20(28)13-31-23-26-19-11-15(24)7-8-17(19)22(29)27(23)9-10-30-2/h4-8,11-12,25H,3,9-10,13H2,1-2H3. The monoisotopic (exact) mass is 455 g/mol. The molecule has 2 aromatic heterocycles. The van der Waals surface area contributed by atoms with Gasteiger partial charge in [-0.25, -0.2) is 4.98 Å².